The molecule has 26 heavy (non-hydrogen) atoms. The molecule has 5 rings (SSSR count). The summed E-state index contributed by atoms with van der Waals surface area (Å²) in [5, 5.41) is 3.41. The number of rotatable bonds is 3. The third kappa shape index (κ3) is 2.47. The van der Waals surface area contributed by atoms with Crippen LogP contribution in [0.5, 0.6) is 0 Å². The summed E-state index contributed by atoms with van der Waals surface area (Å²) in [6.45, 7) is 2.67. The summed E-state index contributed by atoms with van der Waals surface area (Å²) >= 11 is 0. The van der Waals surface area contributed by atoms with Crippen LogP contribution in [0.25, 0.3) is 0 Å². The van der Waals surface area contributed by atoms with Gasteiger partial charge in [-0.05, 0) is 56.4 Å². The lowest BCUT2D eigenvalue weighted by Gasteiger charge is -2.39. The van der Waals surface area contributed by atoms with E-state index in [1.165, 1.54) is 51.4 Å². The monoisotopic (exact) mass is 358 g/mol. The van der Waals surface area contributed by atoms with Gasteiger partial charge in [-0.1, -0.05) is 89.1 Å². The lowest BCUT2D eigenvalue weighted by molar-refractivity contribution is 0.524. The van der Waals surface area contributed by atoms with Crippen LogP contribution in [0.2, 0.25) is 12.1 Å². The van der Waals surface area contributed by atoms with Crippen molar-refractivity contribution < 1.29 is 0 Å². The van der Waals surface area contributed by atoms with Crippen molar-refractivity contribution in [1.29, 1.82) is 0 Å². The van der Waals surface area contributed by atoms with Crippen molar-refractivity contribution in [2.45, 2.75) is 63.5 Å². The molecule has 0 aliphatic heterocycles. The Morgan fingerprint density at radius 1 is 0.808 bits per heavy atom. The quantitative estimate of drug-likeness (QED) is 0.550. The number of hydrogen-bond acceptors (Lipinski definition) is 0. The third-order valence-corrected chi connectivity index (χ3v) is 12.4. The first-order valence-electron chi connectivity index (χ1n) is 10.7. The smallest absolute Gasteiger partial charge is 0.0791 e. The standard InChI is InChI=1S/C25H30Si/c1-26(21-11-3-2-4-12-21,24-17-15-19-9-5-7-13-22(19)24)25-18-16-20-10-6-8-14-23(20)25/h2-4,11-12,15-19,25H,5-10,13-14H2,1H3. The zero-order valence-electron chi connectivity index (χ0n) is 16.0. The molecule has 0 amide bonds. The van der Waals surface area contributed by atoms with Gasteiger partial charge in [0.2, 0.25) is 0 Å². The maximum Gasteiger partial charge on any atom is 0.125 e. The number of fused-ring (bicyclic) bond motifs is 1. The first kappa shape index (κ1) is 16.6. The van der Waals surface area contributed by atoms with E-state index in [1.54, 1.807) is 21.5 Å². The summed E-state index contributed by atoms with van der Waals surface area (Å²) in [6.07, 6.45) is 21.2. The van der Waals surface area contributed by atoms with Crippen LogP contribution in [0, 0.1) is 5.92 Å². The van der Waals surface area contributed by atoms with E-state index in [1.807, 2.05) is 5.57 Å². The fourth-order valence-electron chi connectivity index (χ4n) is 6.07. The Balaban J connectivity index is 1.67. The first-order valence-corrected chi connectivity index (χ1v) is 13.2. The van der Waals surface area contributed by atoms with E-state index in [0.717, 1.165) is 5.92 Å². The van der Waals surface area contributed by atoms with Crippen LogP contribution in [-0.2, 0) is 0 Å². The minimum Gasteiger partial charge on any atom is -0.0791 e. The summed E-state index contributed by atoms with van der Waals surface area (Å²) in [5.41, 5.74) is 5.97. The van der Waals surface area contributed by atoms with E-state index < -0.39 is 8.07 Å². The Morgan fingerprint density at radius 3 is 2.46 bits per heavy atom. The molecule has 1 fully saturated rings. The normalized spacial score (nSPS) is 29.7. The maximum atomic E-state index is 2.67. The molecule has 0 saturated heterocycles. The number of allylic oxidation sites excluding steroid dienone is 8. The van der Waals surface area contributed by atoms with Crippen LogP contribution in [0.15, 0.2) is 76.6 Å². The highest BCUT2D eigenvalue weighted by Gasteiger charge is 2.46. The van der Waals surface area contributed by atoms with Crippen molar-refractivity contribution in [1.82, 2.24) is 0 Å². The highest BCUT2D eigenvalue weighted by molar-refractivity contribution is 6.99. The van der Waals surface area contributed by atoms with E-state index in [0.29, 0.717) is 5.54 Å². The van der Waals surface area contributed by atoms with Crippen LogP contribution >= 0.6 is 0 Å². The van der Waals surface area contributed by atoms with Crippen LogP contribution in [-0.4, -0.2) is 8.07 Å². The molecule has 0 N–H and O–H groups in total. The van der Waals surface area contributed by atoms with Gasteiger partial charge in [0.15, 0.2) is 0 Å². The Labute approximate surface area is 159 Å². The van der Waals surface area contributed by atoms with E-state index in [-0.39, 0.29) is 0 Å². The minimum absolute atomic E-state index is 0.674. The zero-order valence-corrected chi connectivity index (χ0v) is 17.0. The predicted octanol–water partition coefficient (Wildman–Crippen LogP) is 6.38. The van der Waals surface area contributed by atoms with Crippen LogP contribution in [0.1, 0.15) is 51.4 Å². The molecule has 1 heteroatoms. The molecule has 4 aliphatic carbocycles. The second-order valence-electron chi connectivity index (χ2n) is 8.81. The molecule has 0 aromatic heterocycles. The molecule has 0 spiro atoms. The molecule has 1 saturated carbocycles. The van der Waals surface area contributed by atoms with E-state index >= 15 is 0 Å². The third-order valence-electron chi connectivity index (χ3n) is 7.47. The Morgan fingerprint density at radius 2 is 1.58 bits per heavy atom. The van der Waals surface area contributed by atoms with Gasteiger partial charge in [0.25, 0.3) is 0 Å². The van der Waals surface area contributed by atoms with Crippen molar-refractivity contribution >= 4 is 13.3 Å². The minimum atomic E-state index is -1.83. The van der Waals surface area contributed by atoms with Gasteiger partial charge in [-0.15, -0.1) is 0 Å². The van der Waals surface area contributed by atoms with Gasteiger partial charge in [-0.25, -0.2) is 0 Å². The van der Waals surface area contributed by atoms with Crippen molar-refractivity contribution in [3.8, 4) is 0 Å². The Bertz CT molecular complexity index is 823. The highest BCUT2D eigenvalue weighted by atomic mass is 28.3. The van der Waals surface area contributed by atoms with Crippen molar-refractivity contribution in [3.63, 3.8) is 0 Å². The van der Waals surface area contributed by atoms with Gasteiger partial charge >= 0.3 is 0 Å². The summed E-state index contributed by atoms with van der Waals surface area (Å²) in [4.78, 5) is 0. The fraction of sp³-hybridized carbons (Fsp3) is 0.440. The molecule has 4 aliphatic rings. The first-order chi connectivity index (χ1) is 12.8. The van der Waals surface area contributed by atoms with Gasteiger partial charge in [0.1, 0.15) is 8.07 Å². The summed E-state index contributed by atoms with van der Waals surface area (Å²) in [7, 11) is -1.83. The lowest BCUT2D eigenvalue weighted by Crippen LogP contribution is -2.51. The average molecular weight is 359 g/mol. The SMILES string of the molecule is C[Si](C1=C2CCCCC2C=C1)(c1ccccc1)C1C=CC2=C1CCCC2. The second kappa shape index (κ2) is 6.53. The van der Waals surface area contributed by atoms with Gasteiger partial charge in [0.05, 0.1) is 0 Å². The van der Waals surface area contributed by atoms with Crippen molar-refractivity contribution in [2.24, 2.45) is 5.92 Å². The van der Waals surface area contributed by atoms with Gasteiger partial charge in [-0.2, -0.15) is 0 Å². The van der Waals surface area contributed by atoms with Crippen LogP contribution < -0.4 is 5.19 Å². The van der Waals surface area contributed by atoms with Crippen LogP contribution in [0.4, 0.5) is 0 Å². The predicted molar refractivity (Wildman–Crippen MR) is 114 cm³/mol. The van der Waals surface area contributed by atoms with Gasteiger partial charge in [0, 0.05) is 5.54 Å². The maximum absolute atomic E-state index is 2.67. The Kier molecular flexibility index (Phi) is 4.16. The molecule has 0 bridgehead atoms. The lowest BCUT2D eigenvalue weighted by atomic mass is 9.87. The van der Waals surface area contributed by atoms with Gasteiger partial charge in [-0.3, -0.25) is 0 Å². The molecule has 3 unspecified atom stereocenters. The van der Waals surface area contributed by atoms with E-state index in [9.17, 15) is 0 Å². The summed E-state index contributed by atoms with van der Waals surface area (Å²) < 4.78 is 0. The number of benzene rings is 1. The topological polar surface area (TPSA) is 0 Å². The second-order valence-corrected chi connectivity index (χ2v) is 13.0. The molecule has 1 aromatic carbocycles. The average Bonchev–Trinajstić information content (AvgIpc) is 3.33. The molecule has 1 aromatic rings. The van der Waals surface area contributed by atoms with Gasteiger partial charge < -0.3 is 0 Å². The van der Waals surface area contributed by atoms with Crippen molar-refractivity contribution in [2.75, 3.05) is 0 Å². The summed E-state index contributed by atoms with van der Waals surface area (Å²) in [5.74, 6) is 0.750. The van der Waals surface area contributed by atoms with Crippen molar-refractivity contribution in [3.05, 3.63) is 76.6 Å². The molecular formula is C25H30Si. The fourth-order valence-corrected chi connectivity index (χ4v) is 10.9. The van der Waals surface area contributed by atoms with Crippen LogP contribution in [0.3, 0.4) is 0 Å². The number of hydrogen-bond donors (Lipinski definition) is 0. The molecule has 134 valence electrons. The molecule has 0 nitrogen and oxygen atoms in total. The molecule has 0 heterocycles. The van der Waals surface area contributed by atoms with E-state index in [4.69, 9.17) is 0 Å². The largest absolute Gasteiger partial charge is 0.125 e. The highest BCUT2D eigenvalue weighted by Crippen LogP contribution is 2.50. The Hall–Kier alpha value is -1.60. The zero-order chi connectivity index (χ0) is 17.6. The summed E-state index contributed by atoms with van der Waals surface area (Å²) in [6, 6.07) is 11.6. The molecule has 3 atom stereocenters. The molecular weight excluding hydrogens is 328 g/mol. The molecule has 0 radical (unpaired) electrons. The van der Waals surface area contributed by atoms with E-state index in [2.05, 4.69) is 61.2 Å².